The van der Waals surface area contributed by atoms with Gasteiger partial charge in [-0.05, 0) is 53.8 Å². The van der Waals surface area contributed by atoms with Gasteiger partial charge in [0.2, 0.25) is 5.91 Å². The van der Waals surface area contributed by atoms with Crippen molar-refractivity contribution in [2.75, 3.05) is 26.2 Å². The van der Waals surface area contributed by atoms with Crippen molar-refractivity contribution in [2.45, 2.75) is 38.4 Å². The van der Waals surface area contributed by atoms with E-state index < -0.39 is 11.7 Å². The predicted octanol–water partition coefficient (Wildman–Crippen LogP) is 8.56. The lowest BCUT2D eigenvalue weighted by atomic mass is 9.90. The van der Waals surface area contributed by atoms with Crippen LogP contribution in [0.25, 0.3) is 0 Å². The smallest absolute Gasteiger partial charge is 0.417 e. The third kappa shape index (κ3) is 10.3. The summed E-state index contributed by atoms with van der Waals surface area (Å²) in [5.74, 6) is 0.620. The summed E-state index contributed by atoms with van der Waals surface area (Å²) in [4.78, 5) is 14.1. The molecule has 44 heavy (non-hydrogen) atoms. The van der Waals surface area contributed by atoms with Crippen LogP contribution < -0.4 is 10.1 Å². The fraction of sp³-hybridized carbons (Fsp3) is 0.286. The first-order chi connectivity index (χ1) is 20.7. The molecule has 4 aromatic rings. The van der Waals surface area contributed by atoms with Crippen molar-refractivity contribution in [3.8, 4) is 5.75 Å². The summed E-state index contributed by atoms with van der Waals surface area (Å²) in [6, 6.07) is 31.7. The molecule has 0 unspecified atom stereocenters. The van der Waals surface area contributed by atoms with Crippen LogP contribution in [0.15, 0.2) is 103 Å². The minimum Gasteiger partial charge on any atom is -0.494 e. The molecule has 0 bridgehead atoms. The van der Waals surface area contributed by atoms with E-state index >= 15 is 0 Å². The Balaban J connectivity index is 0.00000529. The molecule has 0 aliphatic carbocycles. The number of hydrogen-bond acceptors (Lipinski definition) is 3. The Hall–Kier alpha value is -3.52. The molecule has 0 radical (unpaired) electrons. The molecule has 234 valence electrons. The number of nitrogens with one attached hydrogen (secondary N) is 1. The Kier molecular flexibility index (Phi) is 13.6. The van der Waals surface area contributed by atoms with E-state index in [1.807, 2.05) is 67.6 Å². The van der Waals surface area contributed by atoms with Crippen molar-refractivity contribution in [2.24, 2.45) is 0 Å². The Bertz CT molecular complexity index is 1410. The van der Waals surface area contributed by atoms with Gasteiger partial charge in [-0.2, -0.15) is 13.2 Å². The first-order valence-corrected chi connectivity index (χ1v) is 14.8. The highest BCUT2D eigenvalue weighted by atomic mass is 35.5. The third-order valence-corrected chi connectivity index (χ3v) is 7.59. The Morgan fingerprint density at radius 3 is 2.16 bits per heavy atom. The molecule has 0 fully saturated rings. The number of benzene rings is 4. The lowest BCUT2D eigenvalue weighted by molar-refractivity contribution is -0.137. The van der Waals surface area contributed by atoms with Crippen LogP contribution in [0.1, 0.15) is 47.1 Å². The summed E-state index contributed by atoms with van der Waals surface area (Å²) < 4.78 is 46.9. The van der Waals surface area contributed by atoms with Crippen molar-refractivity contribution in [3.63, 3.8) is 0 Å². The zero-order valence-corrected chi connectivity index (χ0v) is 26.1. The minimum absolute atomic E-state index is 0. The summed E-state index contributed by atoms with van der Waals surface area (Å²) in [6.45, 7) is 4.25. The molecule has 0 atom stereocenters. The normalized spacial score (nSPS) is 11.3. The first kappa shape index (κ1) is 35.0. The molecule has 4 aromatic carbocycles. The highest BCUT2D eigenvalue weighted by molar-refractivity contribution is 6.32. The molecular formula is C35H37Cl2F3N2O2. The maximum Gasteiger partial charge on any atom is 0.417 e. The number of carbonyl (C=O) groups excluding carboxylic acids is 1. The number of nitrogens with zero attached hydrogens (tertiary/aromatic N) is 1. The molecular weight excluding hydrogens is 608 g/mol. The van der Waals surface area contributed by atoms with Gasteiger partial charge in [0, 0.05) is 32.1 Å². The van der Waals surface area contributed by atoms with Gasteiger partial charge in [0.05, 0.1) is 23.6 Å². The second-order valence-electron chi connectivity index (χ2n) is 10.4. The summed E-state index contributed by atoms with van der Waals surface area (Å²) >= 11 is 6.32. The number of likely N-dealkylation sites (N-methyl/N-ethyl adjacent to an activating group) is 1. The van der Waals surface area contributed by atoms with Crippen molar-refractivity contribution in [3.05, 3.63) is 136 Å². The van der Waals surface area contributed by atoms with Gasteiger partial charge in [-0.25, -0.2) is 0 Å². The van der Waals surface area contributed by atoms with Crippen molar-refractivity contribution in [1.29, 1.82) is 0 Å². The van der Waals surface area contributed by atoms with Gasteiger partial charge in [-0.3, -0.25) is 9.69 Å². The molecule has 0 heterocycles. The molecule has 0 saturated carbocycles. The standard InChI is InChI=1S/C35H36ClF3N2O2.ClH/c1-2-40-33(42)23-26-12-9-18-30(22-26)43-21-11-20-41(24-29-17-10-19-32(34(29)36)35(37,38)39)25-31(27-13-5-3-6-14-27)28-15-7-4-8-16-28;/h3-10,12-19,22,31H,2,11,20-21,23-25H2,1H3,(H,40,42);1H. The molecule has 0 spiro atoms. The van der Waals surface area contributed by atoms with E-state index in [9.17, 15) is 18.0 Å². The number of carbonyl (C=O) groups is 1. The average molecular weight is 646 g/mol. The third-order valence-electron chi connectivity index (χ3n) is 7.15. The number of alkyl halides is 3. The number of hydrogen-bond donors (Lipinski definition) is 1. The largest absolute Gasteiger partial charge is 0.494 e. The Morgan fingerprint density at radius 2 is 1.55 bits per heavy atom. The van der Waals surface area contributed by atoms with Crippen LogP contribution in [0.5, 0.6) is 5.75 Å². The highest BCUT2D eigenvalue weighted by Crippen LogP contribution is 2.37. The van der Waals surface area contributed by atoms with Crippen LogP contribution in [0.2, 0.25) is 5.02 Å². The summed E-state index contributed by atoms with van der Waals surface area (Å²) in [7, 11) is 0. The average Bonchev–Trinajstić information content (AvgIpc) is 2.99. The minimum atomic E-state index is -4.53. The lowest BCUT2D eigenvalue weighted by Crippen LogP contribution is -2.31. The van der Waals surface area contributed by atoms with Crippen LogP contribution in [0.4, 0.5) is 13.2 Å². The monoisotopic (exact) mass is 644 g/mol. The van der Waals surface area contributed by atoms with E-state index in [1.54, 1.807) is 6.07 Å². The van der Waals surface area contributed by atoms with Gasteiger partial charge in [-0.1, -0.05) is 96.5 Å². The van der Waals surface area contributed by atoms with E-state index in [-0.39, 0.29) is 42.2 Å². The molecule has 0 aromatic heterocycles. The number of amides is 1. The molecule has 0 aliphatic heterocycles. The van der Waals surface area contributed by atoms with E-state index in [0.717, 1.165) is 22.8 Å². The van der Waals surface area contributed by atoms with E-state index in [0.29, 0.717) is 44.0 Å². The summed E-state index contributed by atoms with van der Waals surface area (Å²) in [5.41, 5.74) is 2.70. The summed E-state index contributed by atoms with van der Waals surface area (Å²) in [5, 5.41) is 2.53. The molecule has 4 rings (SSSR count). The van der Waals surface area contributed by atoms with Gasteiger partial charge < -0.3 is 10.1 Å². The topological polar surface area (TPSA) is 41.6 Å². The zero-order valence-electron chi connectivity index (χ0n) is 24.5. The number of rotatable bonds is 14. The molecule has 1 N–H and O–H groups in total. The molecule has 0 saturated heterocycles. The Morgan fingerprint density at radius 1 is 0.909 bits per heavy atom. The van der Waals surface area contributed by atoms with Crippen LogP contribution in [0.3, 0.4) is 0 Å². The second-order valence-corrected chi connectivity index (χ2v) is 10.7. The highest BCUT2D eigenvalue weighted by Gasteiger charge is 2.34. The van der Waals surface area contributed by atoms with Crippen LogP contribution in [-0.4, -0.2) is 37.0 Å². The first-order valence-electron chi connectivity index (χ1n) is 14.4. The van der Waals surface area contributed by atoms with Crippen LogP contribution in [0, 0.1) is 0 Å². The SMILES string of the molecule is CCNC(=O)Cc1cccc(OCCCN(Cc2cccc(C(F)(F)F)c2Cl)CC(c2ccccc2)c2ccccc2)c1.Cl. The number of halogens is 5. The fourth-order valence-corrected chi connectivity index (χ4v) is 5.39. The van der Waals surface area contributed by atoms with Crippen LogP contribution >= 0.6 is 24.0 Å². The second kappa shape index (κ2) is 17.1. The molecule has 9 heteroatoms. The predicted molar refractivity (Wildman–Crippen MR) is 173 cm³/mol. The zero-order chi connectivity index (χ0) is 30.7. The Labute approximate surface area is 268 Å². The molecule has 1 amide bonds. The van der Waals surface area contributed by atoms with Gasteiger partial charge in [0.25, 0.3) is 0 Å². The van der Waals surface area contributed by atoms with Crippen molar-refractivity contribution in [1.82, 2.24) is 10.2 Å². The van der Waals surface area contributed by atoms with Crippen LogP contribution in [-0.2, 0) is 23.9 Å². The fourth-order valence-electron chi connectivity index (χ4n) is 5.10. The molecule has 4 nitrogen and oxygen atoms in total. The van der Waals surface area contributed by atoms with Crippen molar-refractivity contribution >= 4 is 29.9 Å². The summed E-state index contributed by atoms with van der Waals surface area (Å²) in [6.07, 6.45) is -3.63. The lowest BCUT2D eigenvalue weighted by Gasteiger charge is -2.29. The quantitative estimate of drug-likeness (QED) is 0.140. The van der Waals surface area contributed by atoms with Gasteiger partial charge in [0.15, 0.2) is 0 Å². The van der Waals surface area contributed by atoms with Gasteiger partial charge in [-0.15, -0.1) is 12.4 Å². The van der Waals surface area contributed by atoms with E-state index in [1.165, 1.54) is 6.07 Å². The van der Waals surface area contributed by atoms with Gasteiger partial charge >= 0.3 is 6.18 Å². The van der Waals surface area contributed by atoms with E-state index in [2.05, 4.69) is 34.5 Å². The maximum absolute atomic E-state index is 13.6. The maximum atomic E-state index is 13.6. The number of ether oxygens (including phenoxy) is 1. The van der Waals surface area contributed by atoms with Gasteiger partial charge in [0.1, 0.15) is 5.75 Å². The molecule has 0 aliphatic rings. The van der Waals surface area contributed by atoms with E-state index in [4.69, 9.17) is 16.3 Å². The van der Waals surface area contributed by atoms with Crippen molar-refractivity contribution < 1.29 is 22.7 Å².